The summed E-state index contributed by atoms with van der Waals surface area (Å²) in [6, 6.07) is 15.5. The lowest BCUT2D eigenvalue weighted by Gasteiger charge is -2.38. The van der Waals surface area contributed by atoms with Crippen molar-refractivity contribution in [1.29, 1.82) is 0 Å². The molecule has 2 heterocycles. The van der Waals surface area contributed by atoms with Crippen LogP contribution in [0.4, 0.5) is 5.95 Å². The molecule has 1 aliphatic heterocycles. The second-order valence-corrected chi connectivity index (χ2v) is 7.88. The number of rotatable bonds is 7. The highest BCUT2D eigenvalue weighted by Crippen LogP contribution is 2.41. The van der Waals surface area contributed by atoms with Gasteiger partial charge >= 0.3 is 5.97 Å². The monoisotopic (exact) mass is 419 g/mol. The van der Waals surface area contributed by atoms with Gasteiger partial charge < -0.3 is 9.30 Å². The van der Waals surface area contributed by atoms with Crippen molar-refractivity contribution >= 4 is 28.9 Å². The molecule has 1 aromatic heterocycles. The van der Waals surface area contributed by atoms with E-state index in [2.05, 4.69) is 30.5 Å². The smallest absolute Gasteiger partial charge is 0.321 e. The molecule has 0 radical (unpaired) electrons. The van der Waals surface area contributed by atoms with E-state index < -0.39 is 17.9 Å². The topological polar surface area (TPSA) is 64.4 Å². The molecule has 0 saturated carbocycles. The number of aryl methyl sites for hydroxylation is 1. The first-order valence-corrected chi connectivity index (χ1v) is 11.1. The number of hydrogen-bond acceptors (Lipinski definition) is 4. The fourth-order valence-corrected chi connectivity index (χ4v) is 4.33. The Labute approximate surface area is 182 Å². The quantitative estimate of drug-likeness (QED) is 0.417. The average molecular weight is 420 g/mol. The van der Waals surface area contributed by atoms with Crippen molar-refractivity contribution in [3.8, 4) is 0 Å². The number of nitrogens with zero attached hydrogens (tertiary/aromatic N) is 3. The molecule has 162 valence electrons. The number of anilines is 1. The van der Waals surface area contributed by atoms with Crippen molar-refractivity contribution in [2.45, 2.75) is 46.1 Å². The van der Waals surface area contributed by atoms with E-state index in [0.29, 0.717) is 12.5 Å². The Hall–Kier alpha value is -3.15. The third-order valence-electron chi connectivity index (χ3n) is 5.95. The van der Waals surface area contributed by atoms with E-state index in [9.17, 15) is 9.59 Å². The summed E-state index contributed by atoms with van der Waals surface area (Å²) in [5.74, 6) is -1.07. The molecule has 2 aromatic carbocycles. The summed E-state index contributed by atoms with van der Waals surface area (Å²) in [6.45, 7) is 6.71. The van der Waals surface area contributed by atoms with Crippen LogP contribution in [-0.4, -0.2) is 34.6 Å². The average Bonchev–Trinajstić information content (AvgIpc) is 3.17. The van der Waals surface area contributed by atoms with Gasteiger partial charge in [-0.25, -0.2) is 4.98 Å². The van der Waals surface area contributed by atoms with Gasteiger partial charge in [0.2, 0.25) is 11.9 Å². The van der Waals surface area contributed by atoms with Crippen LogP contribution >= 0.6 is 0 Å². The van der Waals surface area contributed by atoms with Gasteiger partial charge in [-0.1, -0.05) is 56.7 Å². The normalized spacial score (nSPS) is 18.3. The molecule has 6 nitrogen and oxygen atoms in total. The van der Waals surface area contributed by atoms with Crippen molar-refractivity contribution in [2.24, 2.45) is 5.92 Å². The maximum atomic E-state index is 13.7. The Morgan fingerprint density at radius 2 is 1.81 bits per heavy atom. The number of fused-ring (bicyclic) bond motifs is 3. The zero-order valence-corrected chi connectivity index (χ0v) is 18.4. The minimum atomic E-state index is -0.950. The Morgan fingerprint density at radius 3 is 2.48 bits per heavy atom. The minimum absolute atomic E-state index is 0.233. The summed E-state index contributed by atoms with van der Waals surface area (Å²) in [5.41, 5.74) is 3.83. The van der Waals surface area contributed by atoms with Crippen molar-refractivity contribution in [2.75, 3.05) is 18.1 Å². The number of hydrogen-bond donors (Lipinski definition) is 0. The number of carbonyl (C=O) groups excluding carboxylic acids is 2. The van der Waals surface area contributed by atoms with Gasteiger partial charge in [0, 0.05) is 6.54 Å². The first kappa shape index (κ1) is 21.1. The molecule has 4 rings (SSSR count). The number of carbonyl (C=O) groups is 2. The zero-order chi connectivity index (χ0) is 22.0. The molecule has 3 aromatic rings. The lowest BCUT2D eigenvalue weighted by Crippen LogP contribution is -2.50. The summed E-state index contributed by atoms with van der Waals surface area (Å²) in [5, 5.41) is 0. The Morgan fingerprint density at radius 1 is 1.06 bits per heavy atom. The third-order valence-corrected chi connectivity index (χ3v) is 5.95. The number of unbranched alkanes of at least 4 members (excludes halogenated alkanes) is 1. The second kappa shape index (κ2) is 8.92. The number of imidazole rings is 1. The lowest BCUT2D eigenvalue weighted by atomic mass is 9.88. The highest BCUT2D eigenvalue weighted by atomic mass is 16.5. The van der Waals surface area contributed by atoms with E-state index in [4.69, 9.17) is 9.72 Å². The van der Waals surface area contributed by atoms with Crippen LogP contribution in [0.5, 0.6) is 0 Å². The maximum Gasteiger partial charge on any atom is 0.321 e. The van der Waals surface area contributed by atoms with Crippen molar-refractivity contribution in [3.05, 3.63) is 59.7 Å². The van der Waals surface area contributed by atoms with Crippen LogP contribution in [-0.2, 0) is 20.7 Å². The Bertz CT molecular complexity index is 1090. The number of para-hydroxylation sites is 2. The molecular formula is C25H29N3O3. The number of ether oxygens (including phenoxy) is 1. The van der Waals surface area contributed by atoms with Crippen LogP contribution in [0.3, 0.4) is 0 Å². The van der Waals surface area contributed by atoms with E-state index in [0.717, 1.165) is 35.9 Å². The van der Waals surface area contributed by atoms with Crippen LogP contribution in [0.2, 0.25) is 0 Å². The molecule has 1 amide bonds. The van der Waals surface area contributed by atoms with Gasteiger partial charge in [0.05, 0.1) is 23.7 Å². The van der Waals surface area contributed by atoms with E-state index in [-0.39, 0.29) is 12.5 Å². The SMILES string of the molecule is CCCCN1C(=O)[C@H](C(=O)OCC)[C@H](c2ccc(CC)cc2)n2c1nc1ccccc12. The van der Waals surface area contributed by atoms with Gasteiger partial charge in [0.1, 0.15) is 0 Å². The molecule has 0 unspecified atom stereocenters. The largest absolute Gasteiger partial charge is 0.465 e. The fourth-order valence-electron chi connectivity index (χ4n) is 4.33. The number of benzene rings is 2. The lowest BCUT2D eigenvalue weighted by molar-refractivity contribution is -0.153. The molecule has 1 aliphatic rings. The summed E-state index contributed by atoms with van der Waals surface area (Å²) in [7, 11) is 0. The Kier molecular flexibility index (Phi) is 6.07. The molecule has 0 saturated heterocycles. The molecule has 0 fully saturated rings. The first-order chi connectivity index (χ1) is 15.1. The van der Waals surface area contributed by atoms with Gasteiger partial charge in [-0.2, -0.15) is 0 Å². The zero-order valence-electron chi connectivity index (χ0n) is 18.4. The molecule has 31 heavy (non-hydrogen) atoms. The van der Waals surface area contributed by atoms with Crippen LogP contribution in [0, 0.1) is 5.92 Å². The maximum absolute atomic E-state index is 13.7. The molecular weight excluding hydrogens is 390 g/mol. The highest BCUT2D eigenvalue weighted by molar-refractivity contribution is 6.08. The van der Waals surface area contributed by atoms with Gasteiger partial charge in [0.15, 0.2) is 5.92 Å². The van der Waals surface area contributed by atoms with E-state index >= 15 is 0 Å². The van der Waals surface area contributed by atoms with Crippen LogP contribution < -0.4 is 4.90 Å². The van der Waals surface area contributed by atoms with E-state index in [1.54, 1.807) is 11.8 Å². The van der Waals surface area contributed by atoms with Gasteiger partial charge in [-0.3, -0.25) is 14.5 Å². The fraction of sp³-hybridized carbons (Fsp3) is 0.400. The van der Waals surface area contributed by atoms with Crippen LogP contribution in [0.1, 0.15) is 50.8 Å². The summed E-state index contributed by atoms with van der Waals surface area (Å²) in [4.78, 5) is 33.2. The Balaban J connectivity index is 1.95. The van der Waals surface area contributed by atoms with Gasteiger partial charge in [-0.05, 0) is 43.0 Å². The third kappa shape index (κ3) is 3.71. The first-order valence-electron chi connectivity index (χ1n) is 11.1. The van der Waals surface area contributed by atoms with Gasteiger partial charge in [0.25, 0.3) is 0 Å². The van der Waals surface area contributed by atoms with Gasteiger partial charge in [-0.15, -0.1) is 0 Å². The number of aromatic nitrogens is 2. The molecule has 0 aliphatic carbocycles. The van der Waals surface area contributed by atoms with Crippen molar-refractivity contribution in [1.82, 2.24) is 9.55 Å². The molecule has 6 heteroatoms. The number of esters is 1. The van der Waals surface area contributed by atoms with E-state index in [1.807, 2.05) is 36.4 Å². The summed E-state index contributed by atoms with van der Waals surface area (Å²) >= 11 is 0. The summed E-state index contributed by atoms with van der Waals surface area (Å²) < 4.78 is 7.44. The molecule has 0 spiro atoms. The number of amides is 1. The summed E-state index contributed by atoms with van der Waals surface area (Å²) in [6.07, 6.45) is 2.70. The minimum Gasteiger partial charge on any atom is -0.465 e. The predicted molar refractivity (Wildman–Crippen MR) is 121 cm³/mol. The predicted octanol–water partition coefficient (Wildman–Crippen LogP) is 4.51. The van der Waals surface area contributed by atoms with Crippen molar-refractivity contribution in [3.63, 3.8) is 0 Å². The molecule has 2 atom stereocenters. The van der Waals surface area contributed by atoms with Crippen LogP contribution in [0.25, 0.3) is 11.0 Å². The van der Waals surface area contributed by atoms with E-state index in [1.165, 1.54) is 5.56 Å². The second-order valence-electron chi connectivity index (χ2n) is 7.88. The molecule has 0 N–H and O–H groups in total. The molecule has 0 bridgehead atoms. The van der Waals surface area contributed by atoms with Crippen LogP contribution in [0.15, 0.2) is 48.5 Å². The standard InChI is InChI=1S/C25H29N3O3/c1-4-7-16-27-23(29)21(24(30)31-6-3)22(18-14-12-17(5-2)13-15-18)28-20-11-9-8-10-19(20)26-25(27)28/h8-15,21-22H,4-7,16H2,1-3H3/t21-,22+/m1/s1. The highest BCUT2D eigenvalue weighted by Gasteiger charge is 2.47. The van der Waals surface area contributed by atoms with Crippen molar-refractivity contribution < 1.29 is 14.3 Å².